The molecule has 0 amide bonds. The molecule has 0 bridgehead atoms. The van der Waals surface area contributed by atoms with E-state index in [0.29, 0.717) is 18.9 Å². The molecule has 2 rings (SSSR count). The summed E-state index contributed by atoms with van der Waals surface area (Å²) in [5.74, 6) is 0. The van der Waals surface area contributed by atoms with E-state index < -0.39 is 6.67 Å². The maximum atomic E-state index is 12.5. The summed E-state index contributed by atoms with van der Waals surface area (Å²) in [7, 11) is 0. The molecule has 0 spiro atoms. The lowest BCUT2D eigenvalue weighted by molar-refractivity contribution is 0.138. The third kappa shape index (κ3) is 4.07. The highest BCUT2D eigenvalue weighted by atomic mass is 19.1. The van der Waals surface area contributed by atoms with Gasteiger partial charge in [-0.25, -0.2) is 4.39 Å². The molecule has 0 aromatic heterocycles. The second kappa shape index (κ2) is 6.90. The Morgan fingerprint density at radius 2 is 1.84 bits per heavy atom. The highest BCUT2D eigenvalue weighted by Crippen LogP contribution is 2.17. The first kappa shape index (κ1) is 13.6. The number of hydrogen-bond donors (Lipinski definition) is 1. The second-order valence-corrected chi connectivity index (χ2v) is 4.44. The summed E-state index contributed by atoms with van der Waals surface area (Å²) in [5, 5.41) is 3.19. The maximum absolute atomic E-state index is 12.5. The molecule has 0 aliphatic rings. The van der Waals surface area contributed by atoms with Crippen molar-refractivity contribution in [2.45, 2.75) is 20.2 Å². The number of ether oxygens (including phenoxy) is 1. The zero-order valence-corrected chi connectivity index (χ0v) is 11.0. The summed E-state index contributed by atoms with van der Waals surface area (Å²) in [6.07, 6.45) is 0. The van der Waals surface area contributed by atoms with Gasteiger partial charge < -0.3 is 10.1 Å². The van der Waals surface area contributed by atoms with Crippen molar-refractivity contribution in [3.63, 3.8) is 0 Å². The molecule has 19 heavy (non-hydrogen) atoms. The van der Waals surface area contributed by atoms with E-state index in [4.69, 9.17) is 4.74 Å². The topological polar surface area (TPSA) is 21.3 Å². The largest absolute Gasteiger partial charge is 0.362 e. The van der Waals surface area contributed by atoms with Gasteiger partial charge in [0.2, 0.25) is 0 Å². The highest BCUT2D eigenvalue weighted by Gasteiger charge is 1.99. The lowest BCUT2D eigenvalue weighted by atomic mass is 10.1. The summed E-state index contributed by atoms with van der Waals surface area (Å²) in [4.78, 5) is 0. The number of hydrogen-bond acceptors (Lipinski definition) is 2. The molecule has 2 nitrogen and oxygen atoms in total. The van der Waals surface area contributed by atoms with Crippen molar-refractivity contribution < 1.29 is 9.13 Å². The number of nitrogens with one attached hydrogen (secondary N) is 1. The van der Waals surface area contributed by atoms with Crippen molar-refractivity contribution >= 4 is 5.69 Å². The summed E-state index contributed by atoms with van der Waals surface area (Å²) < 4.78 is 18.0. The van der Waals surface area contributed by atoms with Gasteiger partial charge in [0, 0.05) is 5.69 Å². The molecule has 3 heteroatoms. The molecule has 2 aromatic rings. The predicted octanol–water partition coefficient (Wildman–Crippen LogP) is 4.05. The van der Waals surface area contributed by atoms with Gasteiger partial charge >= 0.3 is 0 Å². The molecule has 0 atom stereocenters. The second-order valence-electron chi connectivity index (χ2n) is 4.44. The van der Waals surface area contributed by atoms with Crippen LogP contribution in [0.1, 0.15) is 16.7 Å². The predicted molar refractivity (Wildman–Crippen MR) is 75.7 cm³/mol. The van der Waals surface area contributed by atoms with Gasteiger partial charge in [0.15, 0.2) is 0 Å². The lowest BCUT2D eigenvalue weighted by Crippen LogP contribution is -2.07. The van der Waals surface area contributed by atoms with E-state index in [1.165, 1.54) is 0 Å². The van der Waals surface area contributed by atoms with Crippen molar-refractivity contribution in [1.82, 2.24) is 0 Å². The first-order valence-electron chi connectivity index (χ1n) is 6.30. The third-order valence-electron chi connectivity index (χ3n) is 2.92. The van der Waals surface area contributed by atoms with Crippen LogP contribution in [0.5, 0.6) is 0 Å². The average molecular weight is 259 g/mol. The Hall–Kier alpha value is -1.87. The van der Waals surface area contributed by atoms with Gasteiger partial charge in [-0.1, -0.05) is 42.5 Å². The Morgan fingerprint density at radius 3 is 2.53 bits per heavy atom. The van der Waals surface area contributed by atoms with Crippen LogP contribution in [0.25, 0.3) is 0 Å². The van der Waals surface area contributed by atoms with Crippen LogP contribution in [-0.2, 0) is 18.0 Å². The molecule has 0 aliphatic carbocycles. The summed E-state index contributed by atoms with van der Waals surface area (Å²) in [5.41, 5.74) is 3.85. The standard InChI is InChI=1S/C16H18FNO/c1-13-9-15(10-17)7-8-16(13)18-12-19-11-14-5-3-2-4-6-14/h2-9,18H,10-12H2,1H3. The van der Waals surface area contributed by atoms with Crippen LogP contribution >= 0.6 is 0 Å². The van der Waals surface area contributed by atoms with Gasteiger partial charge in [-0.15, -0.1) is 0 Å². The van der Waals surface area contributed by atoms with Crippen molar-refractivity contribution in [1.29, 1.82) is 0 Å². The van der Waals surface area contributed by atoms with Crippen LogP contribution in [-0.4, -0.2) is 6.73 Å². The molecule has 0 saturated carbocycles. The zero-order valence-electron chi connectivity index (χ0n) is 11.0. The van der Waals surface area contributed by atoms with Crippen LogP contribution in [0, 0.1) is 6.92 Å². The molecular formula is C16H18FNO. The minimum Gasteiger partial charge on any atom is -0.362 e. The highest BCUT2D eigenvalue weighted by molar-refractivity contribution is 5.51. The quantitative estimate of drug-likeness (QED) is 0.624. The Kier molecular flexibility index (Phi) is 4.93. The fourth-order valence-electron chi connectivity index (χ4n) is 1.88. The first-order valence-corrected chi connectivity index (χ1v) is 6.30. The third-order valence-corrected chi connectivity index (χ3v) is 2.92. The summed E-state index contributed by atoms with van der Waals surface area (Å²) >= 11 is 0. The minimum absolute atomic E-state index is 0.425. The molecule has 0 fully saturated rings. The van der Waals surface area contributed by atoms with Crippen LogP contribution < -0.4 is 5.32 Å². The smallest absolute Gasteiger partial charge is 0.116 e. The van der Waals surface area contributed by atoms with E-state index in [9.17, 15) is 4.39 Å². The summed E-state index contributed by atoms with van der Waals surface area (Å²) in [6, 6.07) is 15.5. The molecule has 100 valence electrons. The van der Waals surface area contributed by atoms with E-state index in [-0.39, 0.29) is 0 Å². The maximum Gasteiger partial charge on any atom is 0.116 e. The molecule has 0 heterocycles. The van der Waals surface area contributed by atoms with E-state index in [0.717, 1.165) is 16.8 Å². The molecule has 0 radical (unpaired) electrons. The number of rotatable bonds is 6. The number of halogens is 1. The van der Waals surface area contributed by atoms with Crippen LogP contribution in [0.15, 0.2) is 48.5 Å². The average Bonchev–Trinajstić information content (AvgIpc) is 2.46. The van der Waals surface area contributed by atoms with Gasteiger partial charge in [0.05, 0.1) is 6.61 Å². The normalized spacial score (nSPS) is 10.4. The minimum atomic E-state index is -0.425. The van der Waals surface area contributed by atoms with E-state index in [1.807, 2.05) is 49.4 Å². The SMILES string of the molecule is Cc1cc(CF)ccc1NCOCc1ccccc1. The number of alkyl halides is 1. The van der Waals surface area contributed by atoms with Crippen molar-refractivity contribution in [3.8, 4) is 0 Å². The van der Waals surface area contributed by atoms with Crippen LogP contribution in [0.4, 0.5) is 10.1 Å². The molecule has 0 saturated heterocycles. The van der Waals surface area contributed by atoms with Crippen LogP contribution in [0.2, 0.25) is 0 Å². The van der Waals surface area contributed by atoms with Gasteiger partial charge in [0.1, 0.15) is 13.4 Å². The fourth-order valence-corrected chi connectivity index (χ4v) is 1.88. The molecule has 0 aliphatic heterocycles. The monoisotopic (exact) mass is 259 g/mol. The molecule has 2 aromatic carbocycles. The molecule has 0 unspecified atom stereocenters. The Balaban J connectivity index is 1.80. The number of anilines is 1. The number of aryl methyl sites for hydroxylation is 1. The van der Waals surface area contributed by atoms with Gasteiger partial charge in [0.25, 0.3) is 0 Å². The van der Waals surface area contributed by atoms with Crippen molar-refractivity contribution in [3.05, 3.63) is 65.2 Å². The van der Waals surface area contributed by atoms with E-state index in [2.05, 4.69) is 5.32 Å². The van der Waals surface area contributed by atoms with Crippen molar-refractivity contribution in [2.75, 3.05) is 12.0 Å². The first-order chi connectivity index (χ1) is 9.29. The molecule has 1 N–H and O–H groups in total. The Bertz CT molecular complexity index is 513. The Morgan fingerprint density at radius 1 is 1.05 bits per heavy atom. The lowest BCUT2D eigenvalue weighted by Gasteiger charge is -2.11. The van der Waals surface area contributed by atoms with Gasteiger partial charge in [-0.05, 0) is 29.7 Å². The fraction of sp³-hybridized carbons (Fsp3) is 0.250. The van der Waals surface area contributed by atoms with E-state index >= 15 is 0 Å². The molecular weight excluding hydrogens is 241 g/mol. The van der Waals surface area contributed by atoms with Gasteiger partial charge in [-0.2, -0.15) is 0 Å². The van der Waals surface area contributed by atoms with Crippen LogP contribution in [0.3, 0.4) is 0 Å². The summed E-state index contributed by atoms with van der Waals surface area (Å²) in [6.45, 7) is 2.55. The zero-order chi connectivity index (χ0) is 13.5. The van der Waals surface area contributed by atoms with Gasteiger partial charge in [-0.3, -0.25) is 0 Å². The van der Waals surface area contributed by atoms with Crippen molar-refractivity contribution in [2.24, 2.45) is 0 Å². The Labute approximate surface area is 113 Å². The number of benzene rings is 2. The van der Waals surface area contributed by atoms with E-state index in [1.54, 1.807) is 6.07 Å².